The first-order chi connectivity index (χ1) is 20.6. The first-order valence-corrected chi connectivity index (χ1v) is 15.1. The fourth-order valence-electron chi connectivity index (χ4n) is 4.12. The number of hydrogen-bond donors (Lipinski definition) is 2. The van der Waals surface area contributed by atoms with Crippen LogP contribution in [0.15, 0.2) is 113 Å². The van der Waals surface area contributed by atoms with E-state index in [-0.39, 0.29) is 23.5 Å². The number of carbonyl (C=O) groups excluding carboxylic acids is 2. The van der Waals surface area contributed by atoms with E-state index >= 15 is 0 Å². The van der Waals surface area contributed by atoms with Gasteiger partial charge in [-0.2, -0.15) is 5.10 Å². The van der Waals surface area contributed by atoms with Crippen LogP contribution in [0.4, 0.5) is 5.69 Å². The van der Waals surface area contributed by atoms with E-state index in [1.807, 2.05) is 51.1 Å². The summed E-state index contributed by atoms with van der Waals surface area (Å²) in [6.45, 7) is 5.07. The van der Waals surface area contributed by atoms with Crippen LogP contribution in [0.3, 0.4) is 0 Å². The molecule has 0 radical (unpaired) electrons. The maximum atomic E-state index is 13.5. The zero-order valence-electron chi connectivity index (χ0n) is 24.2. The predicted molar refractivity (Wildman–Crippen MR) is 168 cm³/mol. The van der Waals surface area contributed by atoms with Gasteiger partial charge < -0.3 is 10.1 Å². The van der Waals surface area contributed by atoms with Gasteiger partial charge in [0.15, 0.2) is 6.61 Å². The van der Waals surface area contributed by atoms with Crippen molar-refractivity contribution in [2.45, 2.75) is 31.7 Å². The maximum Gasteiger partial charge on any atom is 0.264 e. The number of amides is 2. The van der Waals surface area contributed by atoms with Gasteiger partial charge in [0, 0.05) is 0 Å². The van der Waals surface area contributed by atoms with E-state index in [1.165, 1.54) is 18.3 Å². The zero-order valence-corrected chi connectivity index (χ0v) is 25.0. The topological polar surface area (TPSA) is 117 Å². The summed E-state index contributed by atoms with van der Waals surface area (Å²) in [6.07, 6.45) is 1.43. The normalized spacial score (nSPS) is 12.0. The van der Waals surface area contributed by atoms with E-state index in [1.54, 1.807) is 60.7 Å². The number of rotatable bonds is 12. The van der Waals surface area contributed by atoms with Crippen molar-refractivity contribution < 1.29 is 22.7 Å². The lowest BCUT2D eigenvalue weighted by Crippen LogP contribution is -2.39. The summed E-state index contributed by atoms with van der Waals surface area (Å²) in [5.41, 5.74) is 6.32. The molecule has 0 unspecified atom stereocenters. The van der Waals surface area contributed by atoms with Gasteiger partial charge in [0.05, 0.1) is 22.8 Å². The molecule has 4 rings (SSSR count). The third-order valence-corrected chi connectivity index (χ3v) is 8.34. The van der Waals surface area contributed by atoms with E-state index in [0.717, 1.165) is 21.0 Å². The third kappa shape index (κ3) is 8.76. The highest BCUT2D eigenvalue weighted by Crippen LogP contribution is 2.24. The fourth-order valence-corrected chi connectivity index (χ4v) is 5.54. The maximum absolute atomic E-state index is 13.5. The van der Waals surface area contributed by atoms with Gasteiger partial charge in [0.2, 0.25) is 0 Å². The number of nitrogens with zero attached hydrogens (tertiary/aromatic N) is 2. The first kappa shape index (κ1) is 31.0. The number of aryl methyl sites for hydroxylation is 2. The minimum atomic E-state index is -4.02. The van der Waals surface area contributed by atoms with Gasteiger partial charge in [-0.15, -0.1) is 0 Å². The molecule has 0 aromatic heterocycles. The number of benzene rings is 4. The highest BCUT2D eigenvalue weighted by molar-refractivity contribution is 7.92. The van der Waals surface area contributed by atoms with Gasteiger partial charge in [0.25, 0.3) is 21.8 Å². The van der Waals surface area contributed by atoms with Crippen LogP contribution in [0.5, 0.6) is 5.75 Å². The Bertz CT molecular complexity index is 1660. The lowest BCUT2D eigenvalue weighted by molar-refractivity contribution is -0.123. The lowest BCUT2D eigenvalue weighted by Gasteiger charge is -2.24. The molecule has 0 fully saturated rings. The Morgan fingerprint density at radius 2 is 1.44 bits per heavy atom. The lowest BCUT2D eigenvalue weighted by atomic mass is 10.1. The number of sulfonamides is 1. The van der Waals surface area contributed by atoms with Crippen LogP contribution < -0.4 is 19.8 Å². The van der Waals surface area contributed by atoms with Gasteiger partial charge in [-0.25, -0.2) is 13.8 Å². The quantitative estimate of drug-likeness (QED) is 0.178. The Morgan fingerprint density at radius 1 is 0.837 bits per heavy atom. The van der Waals surface area contributed by atoms with E-state index in [0.29, 0.717) is 17.0 Å². The van der Waals surface area contributed by atoms with Crippen LogP contribution in [0.1, 0.15) is 35.2 Å². The Hall–Kier alpha value is -4.96. The molecule has 222 valence electrons. The van der Waals surface area contributed by atoms with Crippen LogP contribution in [0.2, 0.25) is 0 Å². The van der Waals surface area contributed by atoms with Gasteiger partial charge in [-0.3, -0.25) is 13.9 Å². The average Bonchev–Trinajstić information content (AvgIpc) is 3.00. The van der Waals surface area contributed by atoms with E-state index < -0.39 is 22.5 Å². The Balaban J connectivity index is 1.33. The van der Waals surface area contributed by atoms with Crippen molar-refractivity contribution in [1.29, 1.82) is 0 Å². The number of ether oxygens (including phenoxy) is 1. The van der Waals surface area contributed by atoms with Gasteiger partial charge in [-0.1, -0.05) is 65.7 Å². The molecule has 0 bridgehead atoms. The van der Waals surface area contributed by atoms with Gasteiger partial charge in [-0.05, 0) is 80.4 Å². The number of anilines is 1. The molecule has 0 aliphatic heterocycles. The summed E-state index contributed by atoms with van der Waals surface area (Å²) in [7, 11) is -4.02. The molecule has 10 heteroatoms. The first-order valence-electron chi connectivity index (χ1n) is 13.7. The molecule has 4 aromatic carbocycles. The molecule has 0 saturated carbocycles. The molecule has 0 aliphatic carbocycles. The third-order valence-electron chi connectivity index (χ3n) is 6.55. The van der Waals surface area contributed by atoms with Crippen molar-refractivity contribution >= 4 is 33.7 Å². The minimum Gasteiger partial charge on any atom is -0.484 e. The van der Waals surface area contributed by atoms with Crippen LogP contribution in [0, 0.1) is 13.8 Å². The predicted octanol–water partition coefficient (Wildman–Crippen LogP) is 4.91. The van der Waals surface area contributed by atoms with Crippen LogP contribution in [0.25, 0.3) is 0 Å². The smallest absolute Gasteiger partial charge is 0.264 e. The van der Waals surface area contributed by atoms with Crippen molar-refractivity contribution in [2.24, 2.45) is 5.10 Å². The largest absolute Gasteiger partial charge is 0.484 e. The summed E-state index contributed by atoms with van der Waals surface area (Å²) in [5.74, 6) is -0.351. The molecule has 2 amide bonds. The van der Waals surface area contributed by atoms with Crippen molar-refractivity contribution in [3.05, 3.63) is 125 Å². The standard InChI is InChI=1S/C33H34N4O5S/c1-24-9-15-29(16-10-24)37(43(40,41)31-19-11-25(2)12-20-31)22-32(38)36-34-21-27-13-17-30(18-14-27)42-23-33(39)35-26(3)28-7-5-4-6-8-28/h4-21,26H,22-23H2,1-3H3,(H,35,39)(H,36,38)/b34-21-/t26-/m1/s1. The molecular weight excluding hydrogens is 564 g/mol. The summed E-state index contributed by atoms with van der Waals surface area (Å²) < 4.78 is 33.6. The van der Waals surface area contributed by atoms with Gasteiger partial charge >= 0.3 is 0 Å². The minimum absolute atomic E-state index is 0.0838. The molecule has 0 saturated heterocycles. The number of hydrazone groups is 1. The van der Waals surface area contributed by atoms with Crippen molar-refractivity contribution in [1.82, 2.24) is 10.7 Å². The molecule has 0 spiro atoms. The number of carbonyl (C=O) groups is 2. The second-order valence-electron chi connectivity index (χ2n) is 10.0. The molecule has 4 aromatic rings. The van der Waals surface area contributed by atoms with Crippen LogP contribution >= 0.6 is 0 Å². The number of nitrogens with one attached hydrogen (secondary N) is 2. The molecule has 9 nitrogen and oxygen atoms in total. The van der Waals surface area contributed by atoms with E-state index in [2.05, 4.69) is 15.8 Å². The molecule has 1 atom stereocenters. The second kappa shape index (κ2) is 14.3. The van der Waals surface area contributed by atoms with Crippen molar-refractivity contribution in [2.75, 3.05) is 17.5 Å². The highest BCUT2D eigenvalue weighted by Gasteiger charge is 2.27. The number of hydrogen-bond acceptors (Lipinski definition) is 6. The SMILES string of the molecule is Cc1ccc(N(CC(=O)N/N=C\c2ccc(OCC(=O)N[C@H](C)c3ccccc3)cc2)S(=O)(=O)c2ccc(C)cc2)cc1. The Labute approximate surface area is 252 Å². The Kier molecular flexibility index (Phi) is 10.3. The Morgan fingerprint density at radius 3 is 2.07 bits per heavy atom. The van der Waals surface area contributed by atoms with Gasteiger partial charge in [0.1, 0.15) is 12.3 Å². The van der Waals surface area contributed by atoms with Crippen LogP contribution in [-0.4, -0.2) is 39.6 Å². The summed E-state index contributed by atoms with van der Waals surface area (Å²) in [5, 5.41) is 6.88. The molecule has 43 heavy (non-hydrogen) atoms. The highest BCUT2D eigenvalue weighted by atomic mass is 32.2. The second-order valence-corrected chi connectivity index (χ2v) is 11.9. The van der Waals surface area contributed by atoms with E-state index in [4.69, 9.17) is 4.74 Å². The average molecular weight is 599 g/mol. The molecule has 2 N–H and O–H groups in total. The molecule has 0 aliphatic rings. The van der Waals surface area contributed by atoms with Crippen molar-refractivity contribution in [3.63, 3.8) is 0 Å². The van der Waals surface area contributed by atoms with Crippen LogP contribution in [-0.2, 0) is 19.6 Å². The molecule has 0 heterocycles. The fraction of sp³-hybridized carbons (Fsp3) is 0.182. The monoisotopic (exact) mass is 598 g/mol. The summed E-state index contributed by atoms with van der Waals surface area (Å²) >= 11 is 0. The molecular formula is C33H34N4O5S. The zero-order chi connectivity index (χ0) is 30.8. The summed E-state index contributed by atoms with van der Waals surface area (Å²) in [4.78, 5) is 25.2. The summed E-state index contributed by atoms with van der Waals surface area (Å²) in [6, 6.07) is 29.7. The van der Waals surface area contributed by atoms with E-state index in [9.17, 15) is 18.0 Å². The van der Waals surface area contributed by atoms with Crippen molar-refractivity contribution in [3.8, 4) is 5.75 Å².